The number of nitrogens with one attached hydrogen (secondary N) is 1. The highest BCUT2D eigenvalue weighted by atomic mass is 32.2. The summed E-state index contributed by atoms with van der Waals surface area (Å²) in [6, 6.07) is 13.1. The number of H-pyrrole nitrogens is 1. The summed E-state index contributed by atoms with van der Waals surface area (Å²) in [7, 11) is 3.10. The third-order valence-electron chi connectivity index (χ3n) is 3.83. The second kappa shape index (κ2) is 8.05. The average molecular weight is 369 g/mol. The quantitative estimate of drug-likeness (QED) is 0.505. The number of benzene rings is 2. The van der Waals surface area contributed by atoms with Crippen LogP contribution in [0.2, 0.25) is 0 Å². The van der Waals surface area contributed by atoms with Gasteiger partial charge in [0.15, 0.2) is 11.6 Å². The highest BCUT2D eigenvalue weighted by Gasteiger charge is 2.15. The number of aryl methyl sites for hydroxylation is 1. The summed E-state index contributed by atoms with van der Waals surface area (Å²) in [5, 5.41) is 7.61. The van der Waals surface area contributed by atoms with Gasteiger partial charge in [-0.05, 0) is 19.1 Å². The van der Waals surface area contributed by atoms with Crippen molar-refractivity contribution in [3.63, 3.8) is 0 Å². The lowest BCUT2D eigenvalue weighted by atomic mass is 10.1. The van der Waals surface area contributed by atoms with Crippen LogP contribution in [-0.4, -0.2) is 40.9 Å². The molecule has 3 rings (SSSR count). The summed E-state index contributed by atoms with van der Waals surface area (Å²) in [6.45, 7) is 2.03. The maximum atomic E-state index is 12.5. The van der Waals surface area contributed by atoms with E-state index < -0.39 is 0 Å². The molecule has 2 aromatic carbocycles. The number of Topliss-reactive ketones (excluding diaryl/α,β-unsaturated/α-hetero) is 1. The van der Waals surface area contributed by atoms with Gasteiger partial charge in [0.2, 0.25) is 5.16 Å². The molecular formula is C19H19N3O3S. The molecule has 1 N–H and O–H groups in total. The van der Waals surface area contributed by atoms with Crippen molar-refractivity contribution < 1.29 is 14.3 Å². The number of carbonyl (C=O) groups excluding carboxylic acids is 1. The zero-order valence-corrected chi connectivity index (χ0v) is 15.6. The average Bonchev–Trinajstić information content (AvgIpc) is 3.15. The Morgan fingerprint density at radius 1 is 1.12 bits per heavy atom. The third kappa shape index (κ3) is 4.05. The molecule has 0 saturated heterocycles. The molecule has 134 valence electrons. The fraction of sp³-hybridized carbons (Fsp3) is 0.211. The van der Waals surface area contributed by atoms with Crippen molar-refractivity contribution >= 4 is 17.5 Å². The molecular weight excluding hydrogens is 350 g/mol. The number of ketones is 1. The first-order chi connectivity index (χ1) is 12.6. The molecule has 6 nitrogen and oxygen atoms in total. The van der Waals surface area contributed by atoms with E-state index in [1.165, 1.54) is 24.4 Å². The third-order valence-corrected chi connectivity index (χ3v) is 4.68. The fourth-order valence-electron chi connectivity index (χ4n) is 2.39. The van der Waals surface area contributed by atoms with E-state index in [0.29, 0.717) is 28.0 Å². The molecule has 0 unspecified atom stereocenters. The molecule has 3 aromatic rings. The molecule has 0 saturated carbocycles. The van der Waals surface area contributed by atoms with Crippen LogP contribution in [-0.2, 0) is 0 Å². The van der Waals surface area contributed by atoms with Gasteiger partial charge in [-0.15, -0.1) is 5.10 Å². The zero-order valence-electron chi connectivity index (χ0n) is 14.8. The summed E-state index contributed by atoms with van der Waals surface area (Å²) in [5.41, 5.74) is 2.65. The van der Waals surface area contributed by atoms with E-state index in [2.05, 4.69) is 15.2 Å². The number of aromatic nitrogens is 3. The van der Waals surface area contributed by atoms with E-state index in [9.17, 15) is 4.79 Å². The highest BCUT2D eigenvalue weighted by Crippen LogP contribution is 2.27. The van der Waals surface area contributed by atoms with Gasteiger partial charge in [-0.25, -0.2) is 4.98 Å². The van der Waals surface area contributed by atoms with E-state index in [4.69, 9.17) is 9.47 Å². The Hall–Kier alpha value is -2.80. The summed E-state index contributed by atoms with van der Waals surface area (Å²) in [6.07, 6.45) is 0. The van der Waals surface area contributed by atoms with Gasteiger partial charge in [0, 0.05) is 11.6 Å². The maximum Gasteiger partial charge on any atom is 0.209 e. The topological polar surface area (TPSA) is 77.1 Å². The van der Waals surface area contributed by atoms with Gasteiger partial charge in [-0.1, -0.05) is 41.6 Å². The van der Waals surface area contributed by atoms with E-state index >= 15 is 0 Å². The van der Waals surface area contributed by atoms with E-state index in [1.807, 2.05) is 31.2 Å². The van der Waals surface area contributed by atoms with Crippen molar-refractivity contribution in [2.24, 2.45) is 0 Å². The lowest BCUT2D eigenvalue weighted by molar-refractivity contribution is 0.101. The first-order valence-electron chi connectivity index (χ1n) is 7.98. The van der Waals surface area contributed by atoms with Crippen LogP contribution in [0.3, 0.4) is 0 Å². The largest absolute Gasteiger partial charge is 0.497 e. The first-order valence-corrected chi connectivity index (χ1v) is 8.96. The smallest absolute Gasteiger partial charge is 0.209 e. The van der Waals surface area contributed by atoms with Crippen molar-refractivity contribution in [1.82, 2.24) is 15.2 Å². The molecule has 26 heavy (non-hydrogen) atoms. The van der Waals surface area contributed by atoms with Crippen molar-refractivity contribution in [2.45, 2.75) is 12.1 Å². The van der Waals surface area contributed by atoms with Gasteiger partial charge < -0.3 is 9.47 Å². The van der Waals surface area contributed by atoms with Crippen LogP contribution < -0.4 is 9.47 Å². The van der Waals surface area contributed by atoms with Gasteiger partial charge in [-0.3, -0.25) is 9.89 Å². The molecule has 0 spiro atoms. The Morgan fingerprint density at radius 3 is 2.58 bits per heavy atom. The monoisotopic (exact) mass is 369 g/mol. The Kier molecular flexibility index (Phi) is 5.58. The van der Waals surface area contributed by atoms with Crippen molar-refractivity contribution in [2.75, 3.05) is 20.0 Å². The van der Waals surface area contributed by atoms with Crippen LogP contribution in [0, 0.1) is 6.92 Å². The first kappa shape index (κ1) is 18.0. The second-order valence-corrected chi connectivity index (χ2v) is 6.55. The van der Waals surface area contributed by atoms with Crippen LogP contribution in [0.15, 0.2) is 47.6 Å². The molecule has 0 bridgehead atoms. The van der Waals surface area contributed by atoms with Crippen LogP contribution in [0.4, 0.5) is 0 Å². The number of aromatic amines is 1. The minimum absolute atomic E-state index is 0.0591. The lowest BCUT2D eigenvalue weighted by Gasteiger charge is -2.08. The second-order valence-electron chi connectivity index (χ2n) is 5.61. The number of nitrogens with zero attached hydrogens (tertiary/aromatic N) is 2. The number of ether oxygens (including phenoxy) is 2. The van der Waals surface area contributed by atoms with E-state index in [0.717, 1.165) is 5.56 Å². The van der Waals surface area contributed by atoms with E-state index in [-0.39, 0.29) is 11.5 Å². The molecule has 1 heterocycles. The number of methoxy groups -OCH3 is 2. The molecule has 0 aliphatic rings. The molecule has 0 amide bonds. The molecule has 0 radical (unpaired) electrons. The summed E-state index contributed by atoms with van der Waals surface area (Å²) >= 11 is 1.28. The molecule has 7 heteroatoms. The maximum absolute atomic E-state index is 12.5. The molecule has 0 aliphatic heterocycles. The van der Waals surface area contributed by atoms with Crippen molar-refractivity contribution in [1.29, 1.82) is 0 Å². The predicted molar refractivity (Wildman–Crippen MR) is 101 cm³/mol. The van der Waals surface area contributed by atoms with E-state index in [1.54, 1.807) is 25.3 Å². The summed E-state index contributed by atoms with van der Waals surface area (Å²) in [5.74, 6) is 1.97. The van der Waals surface area contributed by atoms with Crippen molar-refractivity contribution in [3.05, 3.63) is 53.6 Å². The highest BCUT2D eigenvalue weighted by molar-refractivity contribution is 7.99. The Bertz CT molecular complexity index is 907. The minimum Gasteiger partial charge on any atom is -0.497 e. The summed E-state index contributed by atoms with van der Waals surface area (Å²) < 4.78 is 10.4. The van der Waals surface area contributed by atoms with Crippen LogP contribution in [0.5, 0.6) is 11.5 Å². The van der Waals surface area contributed by atoms with Crippen LogP contribution >= 0.6 is 11.8 Å². The fourth-order valence-corrected chi connectivity index (χ4v) is 3.07. The summed E-state index contributed by atoms with van der Waals surface area (Å²) in [4.78, 5) is 16.9. The predicted octanol–water partition coefficient (Wildman–Crippen LogP) is 3.77. The van der Waals surface area contributed by atoms with Gasteiger partial charge in [-0.2, -0.15) is 0 Å². The molecule has 0 aliphatic carbocycles. The SMILES string of the molecule is COc1ccc(C(=O)CSc2n[nH]c(-c3ccc(C)cc3)n2)c(OC)c1. The standard InChI is InChI=1S/C19H19N3O3S/c1-12-4-6-13(7-5-12)18-20-19(22-21-18)26-11-16(23)15-9-8-14(24-2)10-17(15)25-3/h4-10H,11H2,1-3H3,(H,20,21,22). The normalized spacial score (nSPS) is 10.6. The Balaban J connectivity index is 1.68. The Morgan fingerprint density at radius 2 is 1.88 bits per heavy atom. The van der Waals surface area contributed by atoms with Gasteiger partial charge in [0.1, 0.15) is 11.5 Å². The van der Waals surface area contributed by atoms with Crippen molar-refractivity contribution in [3.8, 4) is 22.9 Å². The minimum atomic E-state index is -0.0591. The molecule has 0 atom stereocenters. The number of hydrogen-bond acceptors (Lipinski definition) is 6. The Labute approximate surface area is 155 Å². The lowest BCUT2D eigenvalue weighted by Crippen LogP contribution is -2.05. The van der Waals surface area contributed by atoms with Crippen LogP contribution in [0.25, 0.3) is 11.4 Å². The van der Waals surface area contributed by atoms with Gasteiger partial charge >= 0.3 is 0 Å². The van der Waals surface area contributed by atoms with Gasteiger partial charge in [0.05, 0.1) is 25.5 Å². The molecule has 1 aromatic heterocycles. The molecule has 0 fully saturated rings. The zero-order chi connectivity index (χ0) is 18.5. The number of hydrogen-bond donors (Lipinski definition) is 1. The van der Waals surface area contributed by atoms with Gasteiger partial charge in [0.25, 0.3) is 0 Å². The number of carbonyl (C=O) groups is 1. The number of thioether (sulfide) groups is 1. The van der Waals surface area contributed by atoms with Crippen LogP contribution in [0.1, 0.15) is 15.9 Å². The number of rotatable bonds is 7.